The molecule has 7 fully saturated rings. The van der Waals surface area contributed by atoms with Crippen LogP contribution in [0.2, 0.25) is 0 Å². The Morgan fingerprint density at radius 3 is 2.34 bits per heavy atom. The molecular formula is C43H68N2O5. The van der Waals surface area contributed by atoms with E-state index in [4.69, 9.17) is 9.47 Å². The number of aliphatic carboxylic acids is 1. The second-order valence-corrected chi connectivity index (χ2v) is 19.5. The molecule has 1 N–H and O–H groups in total. The average Bonchev–Trinajstić information content (AvgIpc) is 3.90. The summed E-state index contributed by atoms with van der Waals surface area (Å²) < 4.78 is 13.5. The number of aldehydes is 1. The average molecular weight is 693 g/mol. The molecule has 0 aromatic heterocycles. The summed E-state index contributed by atoms with van der Waals surface area (Å²) in [4.78, 5) is 33.2. The van der Waals surface area contributed by atoms with Gasteiger partial charge in [-0.25, -0.2) is 0 Å². The standard InChI is InChI=1S/C43H68N2O5/c1-27(2)37-20-34-21-41(26-46)36-11-10-28(3)35(36)22-42(34,43(37,41)40(47)48)39-19-33(18-32-8-6-7-9-32)38(50-39)25-44-15-12-31(13-16-44)14-17-45-23-29(4)49-30(5)24-45/h20,26-36,38-39H,6-19,21-25H2,1-5H3,(H,47,48)/t28-,29-,30+,33?,34?,35-,36-,38?,39?,41?,42?,43+/m1/s1. The first-order chi connectivity index (χ1) is 24.0. The van der Waals surface area contributed by atoms with E-state index >= 15 is 0 Å². The predicted molar refractivity (Wildman–Crippen MR) is 196 cm³/mol. The van der Waals surface area contributed by atoms with E-state index in [1.54, 1.807) is 0 Å². The van der Waals surface area contributed by atoms with Gasteiger partial charge in [0.05, 0.1) is 29.8 Å². The van der Waals surface area contributed by atoms with Gasteiger partial charge in [0.1, 0.15) is 11.7 Å². The van der Waals surface area contributed by atoms with E-state index in [0.29, 0.717) is 36.4 Å². The SMILES string of the molecule is CC(C)C1=CC2CC3(C=O)[C@@H]4CC[C@@H](C)[C@H]4CC2(C2CC(CC4CCCC4)C(CN4CCC(CCN5C[C@@H](C)O[C@@H](C)C5)CC4)O2)[C@]13C(=O)O. The number of carboxylic acid groups (broad SMARTS) is 1. The van der Waals surface area contributed by atoms with Crippen molar-refractivity contribution in [3.63, 3.8) is 0 Å². The van der Waals surface area contributed by atoms with Crippen LogP contribution in [0.4, 0.5) is 0 Å². The Kier molecular flexibility index (Phi) is 9.67. The van der Waals surface area contributed by atoms with Gasteiger partial charge in [-0.15, -0.1) is 0 Å². The number of carbonyl (C=O) groups excluding carboxylic acids is 1. The number of fused-ring (bicyclic) bond motifs is 2. The molecule has 0 aromatic rings. The minimum atomic E-state index is -1.14. The van der Waals surface area contributed by atoms with E-state index in [-0.39, 0.29) is 30.0 Å². The smallest absolute Gasteiger partial charge is 0.315 e. The summed E-state index contributed by atoms with van der Waals surface area (Å²) in [6, 6.07) is 0. The molecule has 0 radical (unpaired) electrons. The molecule has 0 spiro atoms. The van der Waals surface area contributed by atoms with Crippen molar-refractivity contribution in [3.8, 4) is 0 Å². The Balaban J connectivity index is 1.03. The fourth-order valence-corrected chi connectivity index (χ4v) is 14.6. The number of nitrogens with zero attached hydrogens (tertiary/aromatic N) is 2. The number of piperidine rings is 1. The van der Waals surface area contributed by atoms with Crippen molar-refractivity contribution in [2.45, 2.75) is 143 Å². The molecule has 4 saturated carbocycles. The zero-order chi connectivity index (χ0) is 35.0. The number of rotatable bonds is 11. The molecule has 8 aliphatic rings. The number of hydrogen-bond donors (Lipinski definition) is 1. The fourth-order valence-electron chi connectivity index (χ4n) is 14.6. The van der Waals surface area contributed by atoms with Crippen LogP contribution in [0.3, 0.4) is 0 Å². The van der Waals surface area contributed by atoms with Crippen LogP contribution in [-0.2, 0) is 19.1 Å². The number of morpholine rings is 1. The number of likely N-dealkylation sites (tertiary alicyclic amines) is 1. The largest absolute Gasteiger partial charge is 0.481 e. The lowest BCUT2D eigenvalue weighted by Gasteiger charge is -2.60. The van der Waals surface area contributed by atoms with Crippen LogP contribution < -0.4 is 0 Å². The maximum absolute atomic E-state index is 14.2. The van der Waals surface area contributed by atoms with Gasteiger partial charge in [-0.05, 0) is 132 Å². The van der Waals surface area contributed by atoms with Crippen LogP contribution in [0, 0.1) is 63.6 Å². The monoisotopic (exact) mass is 693 g/mol. The molecule has 3 saturated heterocycles. The van der Waals surface area contributed by atoms with E-state index < -0.39 is 22.2 Å². The van der Waals surface area contributed by atoms with E-state index in [0.717, 1.165) is 75.8 Å². The lowest BCUT2D eigenvalue weighted by atomic mass is 9.41. The predicted octanol–water partition coefficient (Wildman–Crippen LogP) is 7.48. The van der Waals surface area contributed by atoms with Gasteiger partial charge in [-0.3, -0.25) is 9.69 Å². The summed E-state index contributed by atoms with van der Waals surface area (Å²) in [6.07, 6.45) is 19.4. The van der Waals surface area contributed by atoms with Crippen LogP contribution in [0.5, 0.6) is 0 Å². The van der Waals surface area contributed by atoms with Crippen molar-refractivity contribution in [3.05, 3.63) is 11.6 Å². The molecule has 6 unspecified atom stereocenters. The molecule has 3 aliphatic heterocycles. The Bertz CT molecular complexity index is 1290. The number of ether oxygens (including phenoxy) is 2. The minimum Gasteiger partial charge on any atom is -0.481 e. The second-order valence-electron chi connectivity index (χ2n) is 19.5. The molecule has 3 heterocycles. The molecule has 12 atom stereocenters. The van der Waals surface area contributed by atoms with Gasteiger partial charge < -0.3 is 24.3 Å². The van der Waals surface area contributed by atoms with E-state index in [1.165, 1.54) is 64.2 Å². The van der Waals surface area contributed by atoms with Crippen molar-refractivity contribution in [1.82, 2.24) is 9.80 Å². The van der Waals surface area contributed by atoms with Crippen LogP contribution in [0.1, 0.15) is 118 Å². The minimum absolute atomic E-state index is 0.0982. The number of carbonyl (C=O) groups is 2. The first kappa shape index (κ1) is 35.7. The molecule has 7 nitrogen and oxygen atoms in total. The summed E-state index contributed by atoms with van der Waals surface area (Å²) in [5, 5.41) is 11.7. The van der Waals surface area contributed by atoms with Crippen molar-refractivity contribution in [2.24, 2.45) is 63.6 Å². The van der Waals surface area contributed by atoms with Crippen molar-refractivity contribution in [1.29, 1.82) is 0 Å². The maximum atomic E-state index is 14.2. The van der Waals surface area contributed by atoms with Crippen molar-refractivity contribution in [2.75, 3.05) is 39.3 Å². The highest BCUT2D eigenvalue weighted by Crippen LogP contribution is 2.84. The Labute approximate surface area is 302 Å². The van der Waals surface area contributed by atoms with Gasteiger partial charge in [0.15, 0.2) is 0 Å². The van der Waals surface area contributed by atoms with Gasteiger partial charge in [0.2, 0.25) is 0 Å². The molecule has 50 heavy (non-hydrogen) atoms. The zero-order valence-corrected chi connectivity index (χ0v) is 32.0. The van der Waals surface area contributed by atoms with Crippen LogP contribution in [0.25, 0.3) is 0 Å². The summed E-state index contributed by atoms with van der Waals surface area (Å²) >= 11 is 0. The highest BCUT2D eigenvalue weighted by atomic mass is 16.5. The molecule has 4 bridgehead atoms. The van der Waals surface area contributed by atoms with Crippen molar-refractivity contribution >= 4 is 12.3 Å². The first-order valence-corrected chi connectivity index (χ1v) is 21.2. The highest BCUT2D eigenvalue weighted by molar-refractivity contribution is 5.90. The number of allylic oxidation sites excluding steroid dienone is 1. The summed E-state index contributed by atoms with van der Waals surface area (Å²) in [7, 11) is 0. The fraction of sp³-hybridized carbons (Fsp3) is 0.907. The summed E-state index contributed by atoms with van der Waals surface area (Å²) in [5.41, 5.74) is -1.43. The summed E-state index contributed by atoms with van der Waals surface area (Å²) in [6.45, 7) is 17.7. The Hall–Kier alpha value is -1.28. The molecule has 8 rings (SSSR count). The summed E-state index contributed by atoms with van der Waals surface area (Å²) in [5.74, 6) is 2.64. The molecule has 7 heteroatoms. The van der Waals surface area contributed by atoms with Crippen LogP contribution in [-0.4, -0.2) is 90.8 Å². The third-order valence-corrected chi connectivity index (χ3v) is 16.6. The third-order valence-electron chi connectivity index (χ3n) is 16.6. The van der Waals surface area contributed by atoms with E-state index in [2.05, 4.69) is 50.5 Å². The van der Waals surface area contributed by atoms with Gasteiger partial charge in [-0.2, -0.15) is 0 Å². The highest BCUT2D eigenvalue weighted by Gasteiger charge is 2.86. The van der Waals surface area contributed by atoms with Gasteiger partial charge in [-0.1, -0.05) is 64.5 Å². The molecule has 0 amide bonds. The Morgan fingerprint density at radius 2 is 1.68 bits per heavy atom. The quantitative estimate of drug-likeness (QED) is 0.178. The molecule has 5 aliphatic carbocycles. The number of carboxylic acids is 1. The van der Waals surface area contributed by atoms with Crippen LogP contribution >= 0.6 is 0 Å². The lowest BCUT2D eigenvalue weighted by Crippen LogP contribution is -2.65. The number of hydrogen-bond acceptors (Lipinski definition) is 6. The first-order valence-electron chi connectivity index (χ1n) is 21.2. The van der Waals surface area contributed by atoms with Gasteiger partial charge in [0, 0.05) is 25.0 Å². The second kappa shape index (κ2) is 13.5. The zero-order valence-electron chi connectivity index (χ0n) is 32.0. The molecule has 280 valence electrons. The lowest BCUT2D eigenvalue weighted by molar-refractivity contribution is -0.197. The normalized spacial score (nSPS) is 46.9. The van der Waals surface area contributed by atoms with Gasteiger partial charge >= 0.3 is 5.97 Å². The van der Waals surface area contributed by atoms with Crippen LogP contribution in [0.15, 0.2) is 11.6 Å². The Morgan fingerprint density at radius 1 is 0.960 bits per heavy atom. The maximum Gasteiger partial charge on any atom is 0.315 e. The van der Waals surface area contributed by atoms with E-state index in [9.17, 15) is 14.7 Å². The molecular weight excluding hydrogens is 624 g/mol. The van der Waals surface area contributed by atoms with Gasteiger partial charge in [0.25, 0.3) is 0 Å². The topological polar surface area (TPSA) is 79.3 Å². The third kappa shape index (κ3) is 5.38. The van der Waals surface area contributed by atoms with E-state index in [1.807, 2.05) is 0 Å². The molecule has 0 aromatic carbocycles. The van der Waals surface area contributed by atoms with Crippen molar-refractivity contribution < 1.29 is 24.2 Å².